The predicted molar refractivity (Wildman–Crippen MR) is 83.9 cm³/mol. The zero-order valence-corrected chi connectivity index (χ0v) is 12.7. The highest BCUT2D eigenvalue weighted by atomic mass is 16.5. The number of fused-ring (bicyclic) bond motifs is 1. The van der Waals surface area contributed by atoms with Crippen molar-refractivity contribution in [1.82, 2.24) is 10.6 Å². The molecular formula is C16H23N3O3. The standard InChI is InChI=1S/C16H23N3O3/c20-8-5-16(3-6-17-7-4-16)18-10-12-1-2-14-13(9-12)19-15(21)11-22-14/h1-2,9,17-18,20H,3-8,10-11H2,(H,19,21). The van der Waals surface area contributed by atoms with Gasteiger partial charge in [-0.15, -0.1) is 0 Å². The van der Waals surface area contributed by atoms with E-state index in [2.05, 4.69) is 16.0 Å². The van der Waals surface area contributed by atoms with Crippen LogP contribution in [-0.4, -0.2) is 42.9 Å². The van der Waals surface area contributed by atoms with E-state index in [1.165, 1.54) is 0 Å². The first kappa shape index (κ1) is 15.3. The molecule has 120 valence electrons. The molecule has 6 nitrogen and oxygen atoms in total. The van der Waals surface area contributed by atoms with Crippen molar-refractivity contribution in [3.05, 3.63) is 23.8 Å². The monoisotopic (exact) mass is 305 g/mol. The smallest absolute Gasteiger partial charge is 0.262 e. The van der Waals surface area contributed by atoms with Gasteiger partial charge in [0.2, 0.25) is 0 Å². The summed E-state index contributed by atoms with van der Waals surface area (Å²) < 4.78 is 5.37. The maximum Gasteiger partial charge on any atom is 0.262 e. The first-order chi connectivity index (χ1) is 10.7. The number of hydrogen-bond donors (Lipinski definition) is 4. The summed E-state index contributed by atoms with van der Waals surface area (Å²) in [4.78, 5) is 11.4. The summed E-state index contributed by atoms with van der Waals surface area (Å²) in [6.07, 6.45) is 2.79. The molecule has 0 spiro atoms. The molecule has 2 aliphatic rings. The van der Waals surface area contributed by atoms with E-state index in [9.17, 15) is 9.90 Å². The molecule has 0 saturated carbocycles. The molecule has 0 radical (unpaired) electrons. The fraction of sp³-hybridized carbons (Fsp3) is 0.562. The maximum absolute atomic E-state index is 11.4. The lowest BCUT2D eigenvalue weighted by Gasteiger charge is -2.38. The molecule has 0 aromatic heterocycles. The number of aliphatic hydroxyl groups is 1. The van der Waals surface area contributed by atoms with Crippen LogP contribution < -0.4 is 20.7 Å². The quantitative estimate of drug-likeness (QED) is 0.641. The first-order valence-corrected chi connectivity index (χ1v) is 7.83. The lowest BCUT2D eigenvalue weighted by molar-refractivity contribution is -0.118. The van der Waals surface area contributed by atoms with Crippen LogP contribution >= 0.6 is 0 Å². The lowest BCUT2D eigenvalue weighted by Crippen LogP contribution is -2.52. The number of amides is 1. The van der Waals surface area contributed by atoms with Crippen molar-refractivity contribution >= 4 is 11.6 Å². The van der Waals surface area contributed by atoms with E-state index in [0.29, 0.717) is 6.54 Å². The molecule has 0 bridgehead atoms. The van der Waals surface area contributed by atoms with Gasteiger partial charge in [-0.3, -0.25) is 4.79 Å². The van der Waals surface area contributed by atoms with Gasteiger partial charge in [0.15, 0.2) is 6.61 Å². The molecule has 0 unspecified atom stereocenters. The molecule has 22 heavy (non-hydrogen) atoms. The Labute approximate surface area is 130 Å². The molecule has 3 rings (SSSR count). The Hall–Kier alpha value is -1.63. The minimum Gasteiger partial charge on any atom is -0.482 e. The highest BCUT2D eigenvalue weighted by Gasteiger charge is 2.30. The summed E-state index contributed by atoms with van der Waals surface area (Å²) in [6, 6.07) is 5.86. The maximum atomic E-state index is 11.4. The molecule has 0 atom stereocenters. The number of ether oxygens (including phenoxy) is 1. The minimum absolute atomic E-state index is 0.00431. The SMILES string of the molecule is O=C1COc2ccc(CNC3(CCO)CCNCC3)cc2N1. The second kappa shape index (κ2) is 6.64. The Bertz CT molecular complexity index is 536. The van der Waals surface area contributed by atoms with Crippen LogP contribution in [0.15, 0.2) is 18.2 Å². The second-order valence-corrected chi connectivity index (χ2v) is 6.02. The van der Waals surface area contributed by atoms with Gasteiger partial charge in [0.1, 0.15) is 5.75 Å². The number of carbonyl (C=O) groups is 1. The summed E-state index contributed by atoms with van der Waals surface area (Å²) in [5.41, 5.74) is 1.83. The third-order valence-electron chi connectivity index (χ3n) is 4.50. The highest BCUT2D eigenvalue weighted by molar-refractivity contribution is 5.95. The van der Waals surface area contributed by atoms with E-state index < -0.39 is 0 Å². The van der Waals surface area contributed by atoms with Crippen molar-refractivity contribution in [2.45, 2.75) is 31.3 Å². The fourth-order valence-corrected chi connectivity index (χ4v) is 3.16. The number of hydrogen-bond acceptors (Lipinski definition) is 5. The molecule has 1 aromatic rings. The van der Waals surface area contributed by atoms with Gasteiger partial charge in [0.05, 0.1) is 5.69 Å². The Balaban J connectivity index is 1.67. The third kappa shape index (κ3) is 3.40. The van der Waals surface area contributed by atoms with Crippen LogP contribution in [0.3, 0.4) is 0 Å². The van der Waals surface area contributed by atoms with Crippen LogP contribution in [-0.2, 0) is 11.3 Å². The summed E-state index contributed by atoms with van der Waals surface area (Å²) >= 11 is 0. The molecule has 2 heterocycles. The number of aliphatic hydroxyl groups excluding tert-OH is 1. The van der Waals surface area contributed by atoms with E-state index in [1.54, 1.807) is 0 Å². The Morgan fingerprint density at radius 2 is 2.14 bits per heavy atom. The molecule has 6 heteroatoms. The highest BCUT2D eigenvalue weighted by Crippen LogP contribution is 2.29. The van der Waals surface area contributed by atoms with Crippen LogP contribution in [0.2, 0.25) is 0 Å². The number of nitrogens with one attached hydrogen (secondary N) is 3. The lowest BCUT2D eigenvalue weighted by atomic mass is 9.85. The van der Waals surface area contributed by atoms with Gasteiger partial charge >= 0.3 is 0 Å². The molecule has 4 N–H and O–H groups in total. The minimum atomic E-state index is -0.118. The van der Waals surface area contributed by atoms with E-state index in [1.807, 2.05) is 18.2 Å². The van der Waals surface area contributed by atoms with Crippen LogP contribution in [0.4, 0.5) is 5.69 Å². The van der Waals surface area contributed by atoms with Crippen molar-refractivity contribution in [3.8, 4) is 5.75 Å². The average molecular weight is 305 g/mol. The van der Waals surface area contributed by atoms with Crippen molar-refractivity contribution in [2.24, 2.45) is 0 Å². The van der Waals surface area contributed by atoms with E-state index in [4.69, 9.17) is 4.74 Å². The van der Waals surface area contributed by atoms with E-state index in [0.717, 1.165) is 49.4 Å². The summed E-state index contributed by atoms with van der Waals surface area (Å²) in [5.74, 6) is 0.600. The average Bonchev–Trinajstić information content (AvgIpc) is 2.54. The largest absolute Gasteiger partial charge is 0.482 e. The predicted octanol–water partition coefficient (Wildman–Crippen LogP) is 0.612. The molecule has 1 aromatic carbocycles. The number of benzene rings is 1. The number of carbonyl (C=O) groups excluding carboxylic acids is 1. The van der Waals surface area contributed by atoms with Crippen molar-refractivity contribution < 1.29 is 14.6 Å². The number of piperidine rings is 1. The Morgan fingerprint density at radius 1 is 1.32 bits per heavy atom. The van der Waals surface area contributed by atoms with Crippen molar-refractivity contribution in [1.29, 1.82) is 0 Å². The van der Waals surface area contributed by atoms with E-state index >= 15 is 0 Å². The Kier molecular flexibility index (Phi) is 4.61. The van der Waals surface area contributed by atoms with Gasteiger partial charge in [-0.1, -0.05) is 6.07 Å². The van der Waals surface area contributed by atoms with Gasteiger partial charge in [0.25, 0.3) is 5.91 Å². The van der Waals surface area contributed by atoms with Crippen molar-refractivity contribution in [2.75, 3.05) is 31.6 Å². The third-order valence-corrected chi connectivity index (χ3v) is 4.50. The van der Waals surface area contributed by atoms with Gasteiger partial charge in [-0.2, -0.15) is 0 Å². The molecule has 1 amide bonds. The van der Waals surface area contributed by atoms with Crippen molar-refractivity contribution in [3.63, 3.8) is 0 Å². The molecule has 2 aliphatic heterocycles. The fourth-order valence-electron chi connectivity index (χ4n) is 3.16. The van der Waals surface area contributed by atoms with Gasteiger partial charge < -0.3 is 25.8 Å². The van der Waals surface area contributed by atoms with Gasteiger partial charge in [-0.05, 0) is 50.0 Å². The Morgan fingerprint density at radius 3 is 2.91 bits per heavy atom. The van der Waals surface area contributed by atoms with E-state index in [-0.39, 0.29) is 24.7 Å². The summed E-state index contributed by atoms with van der Waals surface area (Å²) in [6.45, 7) is 2.93. The zero-order valence-electron chi connectivity index (χ0n) is 12.7. The van der Waals surface area contributed by atoms with Crippen LogP contribution in [0.5, 0.6) is 5.75 Å². The second-order valence-electron chi connectivity index (χ2n) is 6.02. The topological polar surface area (TPSA) is 82.6 Å². The normalized spacial score (nSPS) is 20.0. The molecule has 0 aliphatic carbocycles. The number of rotatable bonds is 5. The summed E-state index contributed by atoms with van der Waals surface area (Å²) in [5, 5.41) is 19.1. The molecule has 1 saturated heterocycles. The zero-order chi connectivity index (χ0) is 15.4. The van der Waals surface area contributed by atoms with Gasteiger partial charge in [0, 0.05) is 18.7 Å². The van der Waals surface area contributed by atoms with Crippen LogP contribution in [0.25, 0.3) is 0 Å². The molecular weight excluding hydrogens is 282 g/mol. The number of anilines is 1. The first-order valence-electron chi connectivity index (χ1n) is 7.83. The van der Waals surface area contributed by atoms with Gasteiger partial charge in [-0.25, -0.2) is 0 Å². The van der Waals surface area contributed by atoms with Crippen LogP contribution in [0.1, 0.15) is 24.8 Å². The van der Waals surface area contributed by atoms with Crippen LogP contribution in [0, 0.1) is 0 Å². The summed E-state index contributed by atoms with van der Waals surface area (Å²) in [7, 11) is 0. The molecule has 1 fully saturated rings.